The molecule has 8 heteroatoms. The number of carbonyl (C=O) groups excluding carboxylic acids is 3. The second-order valence-electron chi connectivity index (χ2n) is 4.22. The maximum absolute atomic E-state index is 11.9. The van der Waals surface area contributed by atoms with Gasteiger partial charge < -0.3 is 15.3 Å². The largest absolute Gasteiger partial charge is 0.480 e. The Labute approximate surface area is 103 Å². The fourth-order valence-electron chi connectivity index (χ4n) is 2.16. The lowest BCUT2D eigenvalue weighted by Gasteiger charge is -2.23. The minimum Gasteiger partial charge on any atom is -0.480 e. The van der Waals surface area contributed by atoms with E-state index in [0.29, 0.717) is 19.4 Å². The molecule has 0 aliphatic carbocycles. The average molecular weight is 255 g/mol. The van der Waals surface area contributed by atoms with Gasteiger partial charge in [-0.25, -0.2) is 9.59 Å². The van der Waals surface area contributed by atoms with Gasteiger partial charge in [0.05, 0.1) is 6.54 Å². The van der Waals surface area contributed by atoms with Crippen molar-refractivity contribution in [3.05, 3.63) is 0 Å². The molecule has 1 atom stereocenters. The van der Waals surface area contributed by atoms with Crippen molar-refractivity contribution in [1.29, 1.82) is 0 Å². The Hall–Kier alpha value is -2.12. The first kappa shape index (κ1) is 12.3. The molecule has 2 N–H and O–H groups in total. The third kappa shape index (κ3) is 2.13. The van der Waals surface area contributed by atoms with Gasteiger partial charge in [0.15, 0.2) is 0 Å². The fourth-order valence-corrected chi connectivity index (χ4v) is 2.16. The molecule has 8 nitrogen and oxygen atoms in total. The van der Waals surface area contributed by atoms with Crippen LogP contribution in [0.25, 0.3) is 0 Å². The molecule has 2 saturated heterocycles. The Bertz CT molecular complexity index is 406. The van der Waals surface area contributed by atoms with E-state index in [2.05, 4.69) is 5.32 Å². The molecule has 18 heavy (non-hydrogen) atoms. The number of nitrogens with one attached hydrogen (secondary N) is 1. The van der Waals surface area contributed by atoms with E-state index in [4.69, 9.17) is 5.11 Å². The summed E-state index contributed by atoms with van der Waals surface area (Å²) in [7, 11) is 0. The summed E-state index contributed by atoms with van der Waals surface area (Å²) in [6.45, 7) is -0.164. The van der Waals surface area contributed by atoms with Crippen molar-refractivity contribution in [2.45, 2.75) is 18.9 Å². The maximum atomic E-state index is 11.9. The molecule has 98 valence electrons. The minimum atomic E-state index is -1.06. The predicted molar refractivity (Wildman–Crippen MR) is 57.5 cm³/mol. The van der Waals surface area contributed by atoms with Crippen LogP contribution in [-0.2, 0) is 14.4 Å². The lowest BCUT2D eigenvalue weighted by molar-refractivity contribution is -0.148. The summed E-state index contributed by atoms with van der Waals surface area (Å²) < 4.78 is 0. The average Bonchev–Trinajstić information content (AvgIpc) is 2.90. The van der Waals surface area contributed by atoms with E-state index in [1.807, 2.05) is 0 Å². The van der Waals surface area contributed by atoms with Gasteiger partial charge in [0.25, 0.3) is 5.91 Å². The third-order valence-corrected chi connectivity index (χ3v) is 3.09. The molecular formula is C10H13N3O5. The number of likely N-dealkylation sites (tertiary alicyclic amines) is 1. The number of rotatable bonds is 3. The first-order valence-electron chi connectivity index (χ1n) is 5.61. The summed E-state index contributed by atoms with van der Waals surface area (Å²) in [5.74, 6) is -2.04. The van der Waals surface area contributed by atoms with E-state index in [9.17, 15) is 19.2 Å². The molecule has 0 unspecified atom stereocenters. The zero-order chi connectivity index (χ0) is 13.3. The highest BCUT2D eigenvalue weighted by Crippen LogP contribution is 2.18. The van der Waals surface area contributed by atoms with E-state index in [1.165, 1.54) is 4.90 Å². The zero-order valence-electron chi connectivity index (χ0n) is 9.59. The van der Waals surface area contributed by atoms with Gasteiger partial charge in [-0.1, -0.05) is 0 Å². The Balaban J connectivity index is 2.01. The van der Waals surface area contributed by atoms with Crippen molar-refractivity contribution < 1.29 is 24.3 Å². The molecule has 2 rings (SSSR count). The first-order chi connectivity index (χ1) is 8.50. The van der Waals surface area contributed by atoms with E-state index >= 15 is 0 Å². The number of amides is 4. The van der Waals surface area contributed by atoms with Crippen LogP contribution in [-0.4, -0.2) is 64.4 Å². The van der Waals surface area contributed by atoms with Crippen LogP contribution >= 0.6 is 0 Å². The third-order valence-electron chi connectivity index (χ3n) is 3.09. The van der Waals surface area contributed by atoms with Crippen LogP contribution in [0.3, 0.4) is 0 Å². The van der Waals surface area contributed by atoms with Crippen molar-refractivity contribution in [1.82, 2.24) is 15.1 Å². The topological polar surface area (TPSA) is 107 Å². The first-order valence-corrected chi connectivity index (χ1v) is 5.61. The Morgan fingerprint density at radius 3 is 2.67 bits per heavy atom. The Morgan fingerprint density at radius 2 is 2.11 bits per heavy atom. The van der Waals surface area contributed by atoms with Gasteiger partial charge in [-0.15, -0.1) is 0 Å². The van der Waals surface area contributed by atoms with Crippen LogP contribution in [0.15, 0.2) is 0 Å². The van der Waals surface area contributed by atoms with Gasteiger partial charge in [0, 0.05) is 6.54 Å². The second-order valence-corrected chi connectivity index (χ2v) is 4.22. The zero-order valence-corrected chi connectivity index (χ0v) is 9.59. The SMILES string of the molecule is O=C(O)[C@H]1CCCN1C(=O)CN1C(=O)CNC1=O. The van der Waals surface area contributed by atoms with Crippen LogP contribution < -0.4 is 5.32 Å². The van der Waals surface area contributed by atoms with Crippen LogP contribution in [0.1, 0.15) is 12.8 Å². The number of nitrogens with zero attached hydrogens (tertiary/aromatic N) is 2. The number of imide groups is 1. The molecular weight excluding hydrogens is 242 g/mol. The molecule has 0 saturated carbocycles. The number of aliphatic carboxylic acids is 1. The van der Waals surface area contributed by atoms with Gasteiger partial charge in [-0.3, -0.25) is 14.5 Å². The molecule has 0 aromatic rings. The van der Waals surface area contributed by atoms with Crippen molar-refractivity contribution in [3.63, 3.8) is 0 Å². The van der Waals surface area contributed by atoms with E-state index in [1.54, 1.807) is 0 Å². The normalized spacial score (nSPS) is 23.4. The molecule has 0 aromatic carbocycles. The van der Waals surface area contributed by atoms with E-state index in [-0.39, 0.29) is 6.54 Å². The Morgan fingerprint density at radius 1 is 1.39 bits per heavy atom. The van der Waals surface area contributed by atoms with Crippen molar-refractivity contribution >= 4 is 23.8 Å². The second kappa shape index (κ2) is 4.63. The monoisotopic (exact) mass is 255 g/mol. The van der Waals surface area contributed by atoms with Crippen molar-refractivity contribution in [2.24, 2.45) is 0 Å². The molecule has 2 heterocycles. The van der Waals surface area contributed by atoms with E-state index < -0.39 is 36.4 Å². The maximum Gasteiger partial charge on any atom is 0.326 e. The van der Waals surface area contributed by atoms with Gasteiger partial charge in [0.1, 0.15) is 12.6 Å². The van der Waals surface area contributed by atoms with E-state index in [0.717, 1.165) is 4.90 Å². The molecule has 2 aliphatic rings. The molecule has 0 spiro atoms. The fraction of sp³-hybridized carbons (Fsp3) is 0.600. The molecule has 2 fully saturated rings. The number of hydrogen-bond acceptors (Lipinski definition) is 4. The predicted octanol–water partition coefficient (Wildman–Crippen LogP) is -1.39. The lowest BCUT2D eigenvalue weighted by Crippen LogP contribution is -2.47. The molecule has 0 aromatic heterocycles. The summed E-state index contributed by atoms with van der Waals surface area (Å²) >= 11 is 0. The quantitative estimate of drug-likeness (QED) is 0.604. The highest BCUT2D eigenvalue weighted by atomic mass is 16.4. The standard InChI is InChI=1S/C10H13N3O5/c14-7-4-11-10(18)13(7)5-8(15)12-3-1-2-6(12)9(16)17/h6H,1-5H2,(H,11,18)(H,16,17)/t6-/m1/s1. The number of carbonyl (C=O) groups is 4. The smallest absolute Gasteiger partial charge is 0.326 e. The van der Waals surface area contributed by atoms with Crippen LogP contribution in [0.2, 0.25) is 0 Å². The number of hydrogen-bond donors (Lipinski definition) is 2. The number of urea groups is 1. The van der Waals surface area contributed by atoms with Gasteiger partial charge in [-0.05, 0) is 12.8 Å². The summed E-state index contributed by atoms with van der Waals surface area (Å²) in [6, 6.07) is -1.46. The Kier molecular flexibility index (Phi) is 3.17. The van der Waals surface area contributed by atoms with Crippen molar-refractivity contribution in [2.75, 3.05) is 19.6 Å². The summed E-state index contributed by atoms with van der Waals surface area (Å²) in [5.41, 5.74) is 0. The lowest BCUT2D eigenvalue weighted by atomic mass is 10.2. The minimum absolute atomic E-state index is 0.117. The molecule has 0 bridgehead atoms. The summed E-state index contributed by atoms with van der Waals surface area (Å²) in [4.78, 5) is 47.4. The molecule has 4 amide bonds. The van der Waals surface area contributed by atoms with Crippen LogP contribution in [0, 0.1) is 0 Å². The van der Waals surface area contributed by atoms with Gasteiger partial charge >= 0.3 is 12.0 Å². The highest BCUT2D eigenvalue weighted by Gasteiger charge is 2.37. The summed E-state index contributed by atoms with van der Waals surface area (Å²) in [6.07, 6.45) is 1.02. The highest BCUT2D eigenvalue weighted by molar-refractivity contribution is 6.04. The molecule has 0 radical (unpaired) electrons. The van der Waals surface area contributed by atoms with Crippen LogP contribution in [0.4, 0.5) is 4.79 Å². The van der Waals surface area contributed by atoms with Gasteiger partial charge in [-0.2, -0.15) is 0 Å². The van der Waals surface area contributed by atoms with Crippen molar-refractivity contribution in [3.8, 4) is 0 Å². The van der Waals surface area contributed by atoms with Gasteiger partial charge in [0.2, 0.25) is 5.91 Å². The van der Waals surface area contributed by atoms with Crippen LogP contribution in [0.5, 0.6) is 0 Å². The summed E-state index contributed by atoms with van der Waals surface area (Å²) in [5, 5.41) is 11.2. The number of carboxylic acid groups (broad SMARTS) is 1. The molecule has 2 aliphatic heterocycles. The number of carboxylic acids is 1.